The van der Waals surface area contributed by atoms with Gasteiger partial charge in [-0.1, -0.05) is 0 Å². The third-order valence-electron chi connectivity index (χ3n) is 2.64. The molecule has 0 aliphatic rings. The number of hydrogen-bond acceptors (Lipinski definition) is 3. The highest BCUT2D eigenvalue weighted by Crippen LogP contribution is 2.32. The van der Waals surface area contributed by atoms with Gasteiger partial charge in [-0.2, -0.15) is 0 Å². The summed E-state index contributed by atoms with van der Waals surface area (Å²) in [7, 11) is 3.27. The highest BCUT2D eigenvalue weighted by atomic mass is 16.5. The summed E-state index contributed by atoms with van der Waals surface area (Å²) in [6, 6.07) is 4.23. The number of fused-ring (bicyclic) bond motifs is 1. The molecule has 0 aliphatic heterocycles. The van der Waals surface area contributed by atoms with Crippen molar-refractivity contribution in [3.63, 3.8) is 0 Å². The number of aromatic nitrogens is 2. The summed E-state index contributed by atoms with van der Waals surface area (Å²) in [6.07, 6.45) is 1.84. The fraction of sp³-hybridized carbons (Fsp3) is 0.417. The first kappa shape index (κ1) is 10.8. The van der Waals surface area contributed by atoms with Crippen molar-refractivity contribution in [2.24, 2.45) is 0 Å². The first-order valence-electron chi connectivity index (χ1n) is 5.26. The van der Waals surface area contributed by atoms with Crippen LogP contribution in [0.2, 0.25) is 0 Å². The molecular formula is C12H16N2O2. The Hall–Kier alpha value is -1.71. The molecule has 1 aromatic heterocycles. The zero-order chi connectivity index (χ0) is 11.7. The second kappa shape index (κ2) is 4.04. The molecule has 0 amide bonds. The van der Waals surface area contributed by atoms with Crippen molar-refractivity contribution >= 4 is 11.0 Å². The van der Waals surface area contributed by atoms with Crippen molar-refractivity contribution in [2.45, 2.75) is 19.9 Å². The Morgan fingerprint density at radius 2 is 1.75 bits per heavy atom. The summed E-state index contributed by atoms with van der Waals surface area (Å²) in [5.74, 6) is 1.45. The molecule has 0 atom stereocenters. The topological polar surface area (TPSA) is 36.3 Å². The van der Waals surface area contributed by atoms with Crippen LogP contribution in [0.25, 0.3) is 11.0 Å². The standard InChI is InChI=1S/C12H16N2O2/c1-8(2)14-7-13-9-5-11(15-3)12(16-4)6-10(9)14/h5-8H,1-4H3. The molecule has 0 aliphatic carbocycles. The number of hydrogen-bond donors (Lipinski definition) is 0. The van der Waals surface area contributed by atoms with E-state index in [2.05, 4.69) is 23.4 Å². The van der Waals surface area contributed by atoms with Crippen LogP contribution >= 0.6 is 0 Å². The van der Waals surface area contributed by atoms with Crippen LogP contribution in [0.1, 0.15) is 19.9 Å². The van der Waals surface area contributed by atoms with E-state index in [9.17, 15) is 0 Å². The average molecular weight is 220 g/mol. The number of rotatable bonds is 3. The van der Waals surface area contributed by atoms with Gasteiger partial charge in [0.15, 0.2) is 11.5 Å². The zero-order valence-electron chi connectivity index (χ0n) is 10.0. The summed E-state index contributed by atoms with van der Waals surface area (Å²) >= 11 is 0. The second-order valence-electron chi connectivity index (χ2n) is 3.94. The first-order chi connectivity index (χ1) is 7.67. The van der Waals surface area contributed by atoms with Gasteiger partial charge in [0.2, 0.25) is 0 Å². The van der Waals surface area contributed by atoms with Crippen LogP contribution in [0.4, 0.5) is 0 Å². The highest BCUT2D eigenvalue weighted by Gasteiger charge is 2.11. The maximum Gasteiger partial charge on any atom is 0.163 e. The molecule has 0 unspecified atom stereocenters. The van der Waals surface area contributed by atoms with Crippen LogP contribution in [0.3, 0.4) is 0 Å². The monoisotopic (exact) mass is 220 g/mol. The lowest BCUT2D eigenvalue weighted by molar-refractivity contribution is 0.355. The van der Waals surface area contributed by atoms with Gasteiger partial charge in [-0.3, -0.25) is 0 Å². The summed E-state index contributed by atoms with van der Waals surface area (Å²) < 4.78 is 12.6. The second-order valence-corrected chi connectivity index (χ2v) is 3.94. The quantitative estimate of drug-likeness (QED) is 0.797. The van der Waals surface area contributed by atoms with E-state index in [0.717, 1.165) is 16.8 Å². The molecule has 0 spiro atoms. The Morgan fingerprint density at radius 1 is 1.12 bits per heavy atom. The first-order valence-corrected chi connectivity index (χ1v) is 5.26. The molecule has 2 aromatic rings. The SMILES string of the molecule is COc1cc2ncn(C(C)C)c2cc1OC. The molecule has 86 valence electrons. The molecule has 0 N–H and O–H groups in total. The fourth-order valence-electron chi connectivity index (χ4n) is 1.77. The van der Waals surface area contributed by atoms with Gasteiger partial charge in [0, 0.05) is 18.2 Å². The predicted molar refractivity (Wildman–Crippen MR) is 63.2 cm³/mol. The zero-order valence-corrected chi connectivity index (χ0v) is 10.0. The van der Waals surface area contributed by atoms with Crippen molar-refractivity contribution in [1.82, 2.24) is 9.55 Å². The van der Waals surface area contributed by atoms with E-state index in [1.807, 2.05) is 18.5 Å². The van der Waals surface area contributed by atoms with Crippen LogP contribution in [0, 0.1) is 0 Å². The van der Waals surface area contributed by atoms with E-state index in [1.54, 1.807) is 14.2 Å². The lowest BCUT2D eigenvalue weighted by Crippen LogP contribution is -1.98. The molecule has 0 fully saturated rings. The maximum absolute atomic E-state index is 5.28. The number of ether oxygens (including phenoxy) is 2. The Morgan fingerprint density at radius 3 is 2.31 bits per heavy atom. The molecule has 16 heavy (non-hydrogen) atoms. The minimum Gasteiger partial charge on any atom is -0.493 e. The molecular weight excluding hydrogens is 204 g/mol. The molecule has 1 aromatic carbocycles. The van der Waals surface area contributed by atoms with Gasteiger partial charge in [-0.05, 0) is 13.8 Å². The molecule has 2 rings (SSSR count). The van der Waals surface area contributed by atoms with E-state index >= 15 is 0 Å². The van der Waals surface area contributed by atoms with Gasteiger partial charge in [0.05, 0.1) is 31.6 Å². The average Bonchev–Trinajstić information content (AvgIpc) is 2.69. The smallest absolute Gasteiger partial charge is 0.163 e. The summed E-state index contributed by atoms with van der Waals surface area (Å²) in [6.45, 7) is 4.25. The number of imidazole rings is 1. The molecule has 0 radical (unpaired) electrons. The Labute approximate surface area is 94.8 Å². The number of nitrogens with zero attached hydrogens (tertiary/aromatic N) is 2. The van der Waals surface area contributed by atoms with Crippen LogP contribution in [0.15, 0.2) is 18.5 Å². The van der Waals surface area contributed by atoms with Gasteiger partial charge in [0.25, 0.3) is 0 Å². The van der Waals surface area contributed by atoms with Crippen molar-refractivity contribution < 1.29 is 9.47 Å². The van der Waals surface area contributed by atoms with Crippen molar-refractivity contribution in [2.75, 3.05) is 14.2 Å². The van der Waals surface area contributed by atoms with Gasteiger partial charge >= 0.3 is 0 Å². The predicted octanol–water partition coefficient (Wildman–Crippen LogP) is 2.63. The summed E-state index contributed by atoms with van der Waals surface area (Å²) in [4.78, 5) is 4.35. The molecule has 4 nitrogen and oxygen atoms in total. The van der Waals surface area contributed by atoms with Crippen molar-refractivity contribution in [3.05, 3.63) is 18.5 Å². The fourth-order valence-corrected chi connectivity index (χ4v) is 1.77. The minimum atomic E-state index is 0.378. The molecule has 4 heteroatoms. The van der Waals surface area contributed by atoms with Gasteiger partial charge in [-0.15, -0.1) is 0 Å². The molecule has 0 bridgehead atoms. The summed E-state index contributed by atoms with van der Waals surface area (Å²) in [5, 5.41) is 0. The van der Waals surface area contributed by atoms with Gasteiger partial charge in [0.1, 0.15) is 0 Å². The van der Waals surface area contributed by atoms with Gasteiger partial charge < -0.3 is 14.0 Å². The third-order valence-corrected chi connectivity index (χ3v) is 2.64. The third kappa shape index (κ3) is 1.60. The van der Waals surface area contributed by atoms with E-state index in [0.29, 0.717) is 11.8 Å². The Balaban J connectivity index is 2.66. The van der Waals surface area contributed by atoms with Crippen LogP contribution in [-0.2, 0) is 0 Å². The maximum atomic E-state index is 5.28. The van der Waals surface area contributed by atoms with Gasteiger partial charge in [-0.25, -0.2) is 4.98 Å². The highest BCUT2D eigenvalue weighted by molar-refractivity contribution is 5.80. The van der Waals surface area contributed by atoms with E-state index < -0.39 is 0 Å². The minimum absolute atomic E-state index is 0.378. The lowest BCUT2D eigenvalue weighted by Gasteiger charge is -2.10. The summed E-state index contributed by atoms with van der Waals surface area (Å²) in [5.41, 5.74) is 1.99. The number of benzene rings is 1. The normalized spacial score (nSPS) is 11.1. The lowest BCUT2D eigenvalue weighted by atomic mass is 10.2. The molecule has 0 saturated heterocycles. The molecule has 0 saturated carbocycles. The number of methoxy groups -OCH3 is 2. The molecule has 1 heterocycles. The van der Waals surface area contributed by atoms with E-state index in [4.69, 9.17) is 9.47 Å². The van der Waals surface area contributed by atoms with Crippen molar-refractivity contribution in [1.29, 1.82) is 0 Å². The van der Waals surface area contributed by atoms with Crippen LogP contribution in [0.5, 0.6) is 11.5 Å². The van der Waals surface area contributed by atoms with Crippen molar-refractivity contribution in [3.8, 4) is 11.5 Å². The largest absolute Gasteiger partial charge is 0.493 e. The van der Waals surface area contributed by atoms with E-state index in [1.165, 1.54) is 0 Å². The Kier molecular flexibility index (Phi) is 2.73. The van der Waals surface area contributed by atoms with Crippen LogP contribution in [-0.4, -0.2) is 23.8 Å². The van der Waals surface area contributed by atoms with Crippen LogP contribution < -0.4 is 9.47 Å². The Bertz CT molecular complexity index is 503. The van der Waals surface area contributed by atoms with E-state index in [-0.39, 0.29) is 0 Å².